The fourth-order valence-corrected chi connectivity index (χ4v) is 3.52. The molecule has 0 spiro atoms. The van der Waals surface area contributed by atoms with E-state index < -0.39 is 43.9 Å². The molecule has 2 nitrogen and oxygen atoms in total. The molecule has 0 fully saturated rings. The normalized spacial score (nSPS) is 13.7. The van der Waals surface area contributed by atoms with Gasteiger partial charge in [0.2, 0.25) is 9.84 Å². The molecule has 10 heteroatoms. The summed E-state index contributed by atoms with van der Waals surface area (Å²) in [6, 6.07) is 7.41. The lowest BCUT2D eigenvalue weighted by Crippen LogP contribution is -2.11. The van der Waals surface area contributed by atoms with Crippen LogP contribution in [-0.2, 0) is 22.2 Å². The van der Waals surface area contributed by atoms with E-state index in [2.05, 4.69) is 0 Å². The smallest absolute Gasteiger partial charge is 0.219 e. The summed E-state index contributed by atoms with van der Waals surface area (Å²) < 4.78 is 101. The number of rotatable bonds is 3. The molecule has 0 heterocycles. The first-order valence-electron chi connectivity index (χ1n) is 6.78. The number of hydrogen-bond acceptors (Lipinski definition) is 2. The van der Waals surface area contributed by atoms with Crippen LogP contribution in [0.3, 0.4) is 0 Å². The van der Waals surface area contributed by atoms with Gasteiger partial charge < -0.3 is 0 Å². The molecule has 2 rings (SSSR count). The average Bonchev–Trinajstić information content (AvgIpc) is 2.53. The molecule has 140 valence electrons. The van der Waals surface area contributed by atoms with Crippen molar-refractivity contribution < 1.29 is 34.8 Å². The third-order valence-corrected chi connectivity index (χ3v) is 5.13. The molecule has 0 radical (unpaired) electrons. The van der Waals surface area contributed by atoms with Crippen LogP contribution in [0.25, 0.3) is 5.03 Å². The van der Waals surface area contributed by atoms with Gasteiger partial charge in [-0.1, -0.05) is 29.8 Å². The average molecular weight is 415 g/mol. The molecule has 0 atom stereocenters. The first-order valence-corrected chi connectivity index (χ1v) is 8.70. The quantitative estimate of drug-likeness (QED) is 0.601. The highest BCUT2D eigenvalue weighted by atomic mass is 35.5. The van der Waals surface area contributed by atoms with E-state index in [1.165, 1.54) is 30.3 Å². The zero-order valence-electron chi connectivity index (χ0n) is 12.6. The molecule has 0 unspecified atom stereocenters. The molecule has 0 bridgehead atoms. The van der Waals surface area contributed by atoms with Gasteiger partial charge in [0.25, 0.3) is 0 Å². The summed E-state index contributed by atoms with van der Waals surface area (Å²) in [6.45, 7) is 0. The van der Waals surface area contributed by atoms with Crippen molar-refractivity contribution in [3.63, 3.8) is 0 Å². The Bertz CT molecular complexity index is 899. The minimum absolute atomic E-state index is 0.0701. The summed E-state index contributed by atoms with van der Waals surface area (Å²) in [4.78, 5) is -0.207. The molecule has 0 aliphatic heterocycles. The van der Waals surface area contributed by atoms with Crippen LogP contribution in [0.5, 0.6) is 0 Å². The molecule has 2 aromatic carbocycles. The zero-order valence-corrected chi connectivity index (χ0v) is 14.1. The predicted molar refractivity (Wildman–Crippen MR) is 83.9 cm³/mol. The number of hydrogen-bond donors (Lipinski definition) is 0. The van der Waals surface area contributed by atoms with Gasteiger partial charge in [-0.25, -0.2) is 8.42 Å². The third kappa shape index (κ3) is 4.79. The van der Waals surface area contributed by atoms with Crippen molar-refractivity contribution in [2.75, 3.05) is 0 Å². The maximum atomic E-state index is 12.9. The summed E-state index contributed by atoms with van der Waals surface area (Å²) in [5, 5.41) is -0.357. The Labute approximate surface area is 149 Å². The molecule has 0 aliphatic rings. The van der Waals surface area contributed by atoms with Crippen LogP contribution in [0, 0.1) is 0 Å². The fourth-order valence-electron chi connectivity index (χ4n) is 1.98. The van der Waals surface area contributed by atoms with Crippen LogP contribution in [0.2, 0.25) is 0 Å². The van der Waals surface area contributed by atoms with Crippen molar-refractivity contribution in [2.45, 2.75) is 17.2 Å². The fraction of sp³-hybridized carbons (Fsp3) is 0.125. The highest BCUT2D eigenvalue weighted by Crippen LogP contribution is 2.38. The lowest BCUT2D eigenvalue weighted by Gasteiger charge is -2.14. The first-order chi connectivity index (χ1) is 11.8. The SMILES string of the molecule is O=S(=O)(/C=C(/Cl)c1cc(C(F)(F)F)cc(C(F)(F)F)c1)c1ccccc1. The van der Waals surface area contributed by atoms with Crippen LogP contribution < -0.4 is 0 Å². The van der Waals surface area contributed by atoms with Crippen LogP contribution in [0.15, 0.2) is 58.8 Å². The second-order valence-corrected chi connectivity index (χ2v) is 7.32. The van der Waals surface area contributed by atoms with Crippen molar-refractivity contribution in [3.8, 4) is 0 Å². The second-order valence-electron chi connectivity index (χ2n) is 5.12. The standard InChI is InChI=1S/C16H9ClF6O2S/c17-14(9-26(24,25)13-4-2-1-3-5-13)10-6-11(15(18,19)20)8-12(7-10)16(21,22)23/h1-9H/b14-9+. The number of alkyl halides is 6. The summed E-state index contributed by atoms with van der Waals surface area (Å²) in [5.41, 5.74) is -3.90. The Morgan fingerprint density at radius 1 is 0.846 bits per heavy atom. The van der Waals surface area contributed by atoms with Crippen molar-refractivity contribution in [1.29, 1.82) is 0 Å². The van der Waals surface area contributed by atoms with E-state index in [0.29, 0.717) is 17.5 Å². The van der Waals surface area contributed by atoms with Crippen molar-refractivity contribution >= 4 is 26.5 Å². The molecular weight excluding hydrogens is 406 g/mol. The van der Waals surface area contributed by atoms with Crippen LogP contribution in [0.4, 0.5) is 26.3 Å². The Morgan fingerprint density at radius 2 is 1.31 bits per heavy atom. The lowest BCUT2D eigenvalue weighted by atomic mass is 10.0. The summed E-state index contributed by atoms with van der Waals surface area (Å²) in [7, 11) is -4.16. The molecule has 0 amide bonds. The highest BCUT2D eigenvalue weighted by molar-refractivity contribution is 7.94. The Kier molecular flexibility index (Phi) is 5.44. The van der Waals surface area contributed by atoms with E-state index in [-0.39, 0.29) is 11.0 Å². The second kappa shape index (κ2) is 6.96. The van der Waals surface area contributed by atoms with Gasteiger partial charge in [0, 0.05) is 0 Å². The van der Waals surface area contributed by atoms with Gasteiger partial charge in [-0.15, -0.1) is 0 Å². The van der Waals surface area contributed by atoms with Crippen LogP contribution in [-0.4, -0.2) is 8.42 Å². The van der Waals surface area contributed by atoms with Crippen molar-refractivity contribution in [2.24, 2.45) is 0 Å². The molecule has 0 saturated carbocycles. The topological polar surface area (TPSA) is 34.1 Å². The van der Waals surface area contributed by atoms with Crippen molar-refractivity contribution in [1.82, 2.24) is 0 Å². The van der Waals surface area contributed by atoms with Gasteiger partial charge >= 0.3 is 12.4 Å². The third-order valence-electron chi connectivity index (χ3n) is 3.19. The largest absolute Gasteiger partial charge is 0.416 e. The summed E-state index contributed by atoms with van der Waals surface area (Å²) in [6.07, 6.45) is -10.1. The van der Waals surface area contributed by atoms with Crippen LogP contribution >= 0.6 is 11.6 Å². The van der Waals surface area contributed by atoms with E-state index in [1.807, 2.05) is 0 Å². The van der Waals surface area contributed by atoms with Crippen molar-refractivity contribution in [3.05, 3.63) is 70.6 Å². The Balaban J connectivity index is 2.60. The summed E-state index contributed by atoms with van der Waals surface area (Å²) >= 11 is 5.73. The molecule has 0 aliphatic carbocycles. The van der Waals surface area contributed by atoms with Gasteiger partial charge in [0.15, 0.2) is 0 Å². The predicted octanol–water partition coefficient (Wildman–Crippen LogP) is 5.74. The van der Waals surface area contributed by atoms with Crippen LogP contribution in [0.1, 0.15) is 16.7 Å². The Hall–Kier alpha value is -2.00. The maximum absolute atomic E-state index is 12.9. The molecule has 0 aromatic heterocycles. The van der Waals surface area contributed by atoms with E-state index in [1.54, 1.807) is 0 Å². The van der Waals surface area contributed by atoms with Gasteiger partial charge in [0.1, 0.15) is 0 Å². The van der Waals surface area contributed by atoms with E-state index in [4.69, 9.17) is 11.6 Å². The Morgan fingerprint density at radius 3 is 1.73 bits per heavy atom. The number of halogens is 7. The number of benzene rings is 2. The van der Waals surface area contributed by atoms with Gasteiger partial charge in [-0.2, -0.15) is 26.3 Å². The molecule has 2 aromatic rings. The van der Waals surface area contributed by atoms with Gasteiger partial charge in [-0.05, 0) is 35.9 Å². The zero-order chi connectivity index (χ0) is 19.8. The van der Waals surface area contributed by atoms with Gasteiger partial charge in [0.05, 0.1) is 26.5 Å². The van der Waals surface area contributed by atoms with E-state index in [0.717, 1.165) is 0 Å². The lowest BCUT2D eigenvalue weighted by molar-refractivity contribution is -0.143. The monoisotopic (exact) mass is 414 g/mol. The summed E-state index contributed by atoms with van der Waals surface area (Å²) in [5.74, 6) is 0. The highest BCUT2D eigenvalue weighted by Gasteiger charge is 2.37. The minimum atomic E-state index is -5.06. The molecule has 26 heavy (non-hydrogen) atoms. The molecule has 0 N–H and O–H groups in total. The first kappa shape index (κ1) is 20.3. The molecule has 0 saturated heterocycles. The van der Waals surface area contributed by atoms with E-state index >= 15 is 0 Å². The van der Waals surface area contributed by atoms with Gasteiger partial charge in [-0.3, -0.25) is 0 Å². The van der Waals surface area contributed by atoms with E-state index in [9.17, 15) is 34.8 Å². The molecular formula is C16H9ClF6O2S. The number of sulfone groups is 1. The minimum Gasteiger partial charge on any atom is -0.219 e. The maximum Gasteiger partial charge on any atom is 0.416 e.